The number of aryl methyl sites for hydroxylation is 1. The van der Waals surface area contributed by atoms with Gasteiger partial charge in [0.25, 0.3) is 5.91 Å². The molecule has 268 valence electrons. The molecule has 2 amide bonds. The number of pyridine rings is 1. The molecule has 3 heterocycles. The van der Waals surface area contributed by atoms with Crippen LogP contribution in [0.1, 0.15) is 22.3 Å². The molecular weight excluding hydrogens is 683 g/mol. The lowest BCUT2D eigenvalue weighted by Crippen LogP contribution is -2.33. The Labute approximate surface area is 299 Å². The number of aromatic nitrogens is 2. The molecule has 0 spiro atoms. The second-order valence-corrected chi connectivity index (χ2v) is 12.7. The fourth-order valence-electron chi connectivity index (χ4n) is 5.83. The first-order chi connectivity index (χ1) is 24.3. The second-order valence-electron chi connectivity index (χ2n) is 12.3. The third-order valence-corrected chi connectivity index (χ3v) is 8.49. The number of hydrogen-bond donors (Lipinski definition) is 3. The minimum Gasteiger partial charge on any atom is -0.383 e. The summed E-state index contributed by atoms with van der Waals surface area (Å²) in [6.45, 7) is 2.85. The summed E-state index contributed by atoms with van der Waals surface area (Å²) >= 11 is 6.53. The van der Waals surface area contributed by atoms with Crippen molar-refractivity contribution in [1.29, 1.82) is 0 Å². The number of nitrogens with zero attached hydrogens (tertiary/aromatic N) is 4. The zero-order chi connectivity index (χ0) is 36.7. The number of halogens is 4. The normalized spacial score (nSPS) is 14.0. The number of nitrogens with two attached hydrogens (primary N) is 1. The first-order valence-corrected chi connectivity index (χ1v) is 16.6. The third kappa shape index (κ3) is 9.47. The molecule has 0 bridgehead atoms. The molecule has 4 N–H and O–H groups in total. The molecule has 4 aromatic rings. The van der Waals surface area contributed by atoms with Crippen molar-refractivity contribution in [3.8, 4) is 34.2 Å². The molecule has 0 unspecified atom stereocenters. The fourth-order valence-corrected chi connectivity index (χ4v) is 6.09. The van der Waals surface area contributed by atoms with Crippen LogP contribution in [0.25, 0.3) is 33.3 Å². The van der Waals surface area contributed by atoms with Crippen LogP contribution in [0.4, 0.5) is 24.7 Å². The number of ether oxygens (including phenoxy) is 1. The van der Waals surface area contributed by atoms with Crippen molar-refractivity contribution in [2.75, 3.05) is 71.1 Å². The van der Waals surface area contributed by atoms with Gasteiger partial charge >= 0.3 is 6.18 Å². The third-order valence-electron chi connectivity index (χ3n) is 8.18. The van der Waals surface area contributed by atoms with E-state index in [9.17, 15) is 22.8 Å². The summed E-state index contributed by atoms with van der Waals surface area (Å²) in [7, 11) is 5.70. The molecule has 1 fully saturated rings. The predicted octanol–water partition coefficient (Wildman–Crippen LogP) is 5.57. The van der Waals surface area contributed by atoms with E-state index in [0.29, 0.717) is 58.7 Å². The molecule has 1 saturated heterocycles. The van der Waals surface area contributed by atoms with Crippen molar-refractivity contribution in [3.05, 3.63) is 77.0 Å². The molecule has 2 aromatic heterocycles. The van der Waals surface area contributed by atoms with Crippen LogP contribution < -0.4 is 16.4 Å². The van der Waals surface area contributed by atoms with E-state index in [1.165, 1.54) is 18.2 Å². The van der Waals surface area contributed by atoms with E-state index in [4.69, 9.17) is 22.1 Å². The quantitative estimate of drug-likeness (QED) is 0.153. The summed E-state index contributed by atoms with van der Waals surface area (Å²) in [5, 5.41) is 5.31. The number of anilines is 2. The minimum atomic E-state index is -4.57. The van der Waals surface area contributed by atoms with Crippen LogP contribution in [0, 0.1) is 11.8 Å². The number of rotatable bonds is 9. The van der Waals surface area contributed by atoms with Crippen molar-refractivity contribution in [1.82, 2.24) is 24.7 Å². The topological polar surface area (TPSA) is 118 Å². The molecule has 10 nitrogen and oxygen atoms in total. The Morgan fingerprint density at radius 2 is 1.86 bits per heavy atom. The summed E-state index contributed by atoms with van der Waals surface area (Å²) in [6.07, 6.45) is 1.36. The maximum atomic E-state index is 12.8. The Hall–Kier alpha value is -4.87. The molecule has 51 heavy (non-hydrogen) atoms. The van der Waals surface area contributed by atoms with E-state index in [0.717, 1.165) is 31.7 Å². The van der Waals surface area contributed by atoms with Crippen LogP contribution in [0.15, 0.2) is 60.8 Å². The molecule has 0 aliphatic carbocycles. The van der Waals surface area contributed by atoms with E-state index in [1.54, 1.807) is 24.4 Å². The van der Waals surface area contributed by atoms with Crippen LogP contribution in [-0.2, 0) is 16.6 Å². The molecule has 5 rings (SSSR count). The minimum absolute atomic E-state index is 0.0427. The highest BCUT2D eigenvalue weighted by atomic mass is 35.5. The Balaban J connectivity index is 1.51. The van der Waals surface area contributed by atoms with Gasteiger partial charge < -0.3 is 25.7 Å². The fraction of sp³-hybridized carbons (Fsp3) is 0.324. The average molecular weight is 722 g/mol. The lowest BCUT2D eigenvalue weighted by Gasteiger charge is -2.16. The van der Waals surface area contributed by atoms with Crippen LogP contribution in [-0.4, -0.2) is 97.4 Å². The lowest BCUT2D eigenvalue weighted by atomic mass is 9.96. The van der Waals surface area contributed by atoms with E-state index in [-0.39, 0.29) is 22.3 Å². The predicted molar refractivity (Wildman–Crippen MR) is 194 cm³/mol. The number of carbonyl (C=O) groups is 2. The highest BCUT2D eigenvalue weighted by Gasteiger charge is 2.29. The molecule has 1 aliphatic heterocycles. The zero-order valence-corrected chi connectivity index (χ0v) is 29.3. The zero-order valence-electron chi connectivity index (χ0n) is 28.5. The van der Waals surface area contributed by atoms with E-state index >= 15 is 0 Å². The monoisotopic (exact) mass is 721 g/mol. The van der Waals surface area contributed by atoms with Gasteiger partial charge in [-0.1, -0.05) is 47.7 Å². The summed E-state index contributed by atoms with van der Waals surface area (Å²) in [4.78, 5) is 33.9. The first kappa shape index (κ1) is 37.4. The number of alkyl halides is 3. The molecular formula is C37H39ClF3N7O3. The maximum Gasteiger partial charge on any atom is 0.405 e. The van der Waals surface area contributed by atoms with Gasteiger partial charge in [0.2, 0.25) is 5.91 Å². The van der Waals surface area contributed by atoms with Gasteiger partial charge in [-0.15, -0.1) is 0 Å². The average Bonchev–Trinajstić information content (AvgIpc) is 3.19. The summed E-state index contributed by atoms with van der Waals surface area (Å²) in [5.74, 6) is 5.36. The molecule has 14 heteroatoms. The molecule has 1 aliphatic rings. The van der Waals surface area contributed by atoms with Gasteiger partial charge in [0.1, 0.15) is 12.4 Å². The van der Waals surface area contributed by atoms with Gasteiger partial charge in [0.05, 0.1) is 45.9 Å². The van der Waals surface area contributed by atoms with Crippen molar-refractivity contribution in [2.45, 2.75) is 12.6 Å². The van der Waals surface area contributed by atoms with Gasteiger partial charge in [-0.3, -0.25) is 19.4 Å². The highest BCUT2D eigenvalue weighted by molar-refractivity contribution is 6.34. The van der Waals surface area contributed by atoms with Crippen molar-refractivity contribution < 1.29 is 27.5 Å². The molecule has 0 saturated carbocycles. The van der Waals surface area contributed by atoms with Crippen molar-refractivity contribution >= 4 is 45.8 Å². The van der Waals surface area contributed by atoms with Crippen molar-refractivity contribution in [2.24, 2.45) is 7.05 Å². The molecule has 2 aromatic carbocycles. The number of amides is 2. The van der Waals surface area contributed by atoms with Gasteiger partial charge in [0.15, 0.2) is 0 Å². The Morgan fingerprint density at radius 1 is 1.12 bits per heavy atom. The summed E-state index contributed by atoms with van der Waals surface area (Å²) in [5.41, 5.74) is 11.0. The number of carbonyl (C=O) groups excluding carboxylic acids is 2. The molecule has 0 radical (unpaired) electrons. The second kappa shape index (κ2) is 16.4. The molecule has 0 atom stereocenters. The Bertz CT molecular complexity index is 1990. The number of hydrogen-bond acceptors (Lipinski definition) is 7. The first-order valence-electron chi connectivity index (χ1n) is 16.3. The van der Waals surface area contributed by atoms with E-state index < -0.39 is 18.6 Å². The van der Waals surface area contributed by atoms with Crippen LogP contribution in [0.5, 0.6) is 0 Å². The Kier molecular flexibility index (Phi) is 12.0. The SMILES string of the molecule is CN(C)CC#Cc1cnc(N)c2c(-c3ccc(C(=O)NCC(F)(F)F)c(Cl)c3)c(-c3ccc(NC(=O)/C=C/CN4CCCOCC4)cc3)n(C)c12. The van der Waals surface area contributed by atoms with E-state index in [1.807, 2.05) is 54.1 Å². The number of fused-ring (bicyclic) bond motifs is 1. The smallest absolute Gasteiger partial charge is 0.383 e. The number of nitrogen functional groups attached to an aromatic ring is 1. The van der Waals surface area contributed by atoms with Crippen LogP contribution in [0.2, 0.25) is 5.02 Å². The number of benzene rings is 2. The maximum absolute atomic E-state index is 12.8. The van der Waals surface area contributed by atoms with Gasteiger partial charge in [-0.2, -0.15) is 13.2 Å². The van der Waals surface area contributed by atoms with Gasteiger partial charge in [-0.25, -0.2) is 4.98 Å². The Morgan fingerprint density at radius 3 is 2.57 bits per heavy atom. The summed E-state index contributed by atoms with van der Waals surface area (Å²) in [6, 6.07) is 11.8. The van der Waals surface area contributed by atoms with Gasteiger partial charge in [-0.05, 0) is 55.9 Å². The van der Waals surface area contributed by atoms with Crippen LogP contribution >= 0.6 is 11.6 Å². The highest BCUT2D eigenvalue weighted by Crippen LogP contribution is 2.44. The van der Waals surface area contributed by atoms with Gasteiger partial charge in [0, 0.05) is 56.8 Å². The standard InChI is InChI=1S/C37H39ClF3N7O3/c1-46(2)15-4-7-26-22-43-35(42)32-31(25-11-14-28(29(38)21-25)36(50)44-23-37(39,40)41)33(47(3)34(26)32)24-9-12-27(13-10-24)45-30(49)8-5-16-48-17-6-19-51-20-18-48/h5,8-14,21-22H,6,15-20,23H2,1-3H3,(H2,42,43)(H,44,50)(H,45,49)/b8-5+. The lowest BCUT2D eigenvalue weighted by molar-refractivity contribution is -0.123. The van der Waals surface area contributed by atoms with Crippen molar-refractivity contribution in [3.63, 3.8) is 0 Å². The largest absolute Gasteiger partial charge is 0.405 e. The van der Waals surface area contributed by atoms with E-state index in [2.05, 4.69) is 27.0 Å². The number of nitrogens with one attached hydrogen (secondary N) is 2. The van der Waals surface area contributed by atoms with Crippen LogP contribution in [0.3, 0.4) is 0 Å². The summed E-state index contributed by atoms with van der Waals surface area (Å²) < 4.78 is 45.7.